The number of hydrogen-bond donors (Lipinski definition) is 1. The van der Waals surface area contributed by atoms with E-state index in [9.17, 15) is 4.79 Å². The van der Waals surface area contributed by atoms with E-state index < -0.39 is 0 Å². The number of piperidine rings is 1. The first kappa shape index (κ1) is 18.8. The van der Waals surface area contributed by atoms with Gasteiger partial charge in [-0.2, -0.15) is 4.98 Å². The third-order valence-corrected chi connectivity index (χ3v) is 5.88. The third-order valence-electron chi connectivity index (χ3n) is 5.88. The van der Waals surface area contributed by atoms with E-state index in [1.807, 2.05) is 19.2 Å². The molecule has 1 aliphatic carbocycles. The number of nitrogens with one attached hydrogen (secondary N) is 1. The summed E-state index contributed by atoms with van der Waals surface area (Å²) in [6.45, 7) is 4.44. The summed E-state index contributed by atoms with van der Waals surface area (Å²) in [5, 5.41) is 7.37. The Balaban J connectivity index is 0.00000196. The fourth-order valence-electron chi connectivity index (χ4n) is 4.20. The Labute approximate surface area is 159 Å². The zero-order valence-electron chi connectivity index (χ0n) is 15.1. The van der Waals surface area contributed by atoms with Gasteiger partial charge < -0.3 is 14.7 Å². The van der Waals surface area contributed by atoms with Crippen LogP contribution in [-0.2, 0) is 11.3 Å². The van der Waals surface area contributed by atoms with Gasteiger partial charge in [0, 0.05) is 25.0 Å². The standard InChI is InChI=1S/C18H23N5O2.ClH/c1-17(12-18(17)5-8-19-9-6-18)16(24)23(2)11-14-21-15(22-25-14)13-4-3-7-20-10-13;/h3-4,7,10,19H,5-6,8-9,11-12H2,1-2H3;1H. The van der Waals surface area contributed by atoms with Crippen LogP contribution >= 0.6 is 12.4 Å². The monoisotopic (exact) mass is 377 g/mol. The highest BCUT2D eigenvalue weighted by molar-refractivity contribution is 5.86. The maximum Gasteiger partial charge on any atom is 0.246 e. The molecule has 2 aromatic rings. The molecular formula is C18H24ClN5O2. The molecule has 8 heteroatoms. The number of halogens is 1. The SMILES string of the molecule is CN(Cc1nc(-c2cccnc2)no1)C(=O)C1(C)CC12CCNCC2.Cl. The first-order valence-electron chi connectivity index (χ1n) is 8.73. The van der Waals surface area contributed by atoms with Crippen LogP contribution in [0.2, 0.25) is 0 Å². The predicted molar refractivity (Wildman–Crippen MR) is 98.5 cm³/mol. The summed E-state index contributed by atoms with van der Waals surface area (Å²) < 4.78 is 5.32. The highest BCUT2D eigenvalue weighted by Crippen LogP contribution is 2.68. The largest absolute Gasteiger partial charge is 0.337 e. The molecule has 1 saturated carbocycles. The smallest absolute Gasteiger partial charge is 0.246 e. The molecule has 2 fully saturated rings. The van der Waals surface area contributed by atoms with Crippen molar-refractivity contribution in [3.63, 3.8) is 0 Å². The normalized spacial score (nSPS) is 23.3. The minimum absolute atomic E-state index is 0. The van der Waals surface area contributed by atoms with Gasteiger partial charge in [0.25, 0.3) is 0 Å². The Morgan fingerprint density at radius 2 is 2.15 bits per heavy atom. The Kier molecular flexibility index (Phi) is 5.03. The molecule has 140 valence electrons. The van der Waals surface area contributed by atoms with Crippen molar-refractivity contribution in [2.24, 2.45) is 10.8 Å². The molecule has 1 unspecified atom stereocenters. The second-order valence-electron chi connectivity index (χ2n) is 7.45. The second-order valence-corrected chi connectivity index (χ2v) is 7.45. The van der Waals surface area contributed by atoms with Crippen LogP contribution in [0.3, 0.4) is 0 Å². The molecule has 7 nitrogen and oxygen atoms in total. The van der Waals surface area contributed by atoms with Crippen molar-refractivity contribution in [2.45, 2.75) is 32.7 Å². The molecule has 1 N–H and O–H groups in total. The molecule has 2 aliphatic rings. The second kappa shape index (κ2) is 6.96. The molecule has 2 aromatic heterocycles. The van der Waals surface area contributed by atoms with Gasteiger partial charge in [0.05, 0.1) is 12.0 Å². The summed E-state index contributed by atoms with van der Waals surface area (Å²) in [6.07, 6.45) is 6.53. The van der Waals surface area contributed by atoms with Crippen LogP contribution in [-0.4, -0.2) is 46.1 Å². The van der Waals surface area contributed by atoms with Gasteiger partial charge in [-0.1, -0.05) is 12.1 Å². The molecule has 1 spiro atoms. The number of aromatic nitrogens is 3. The minimum Gasteiger partial charge on any atom is -0.337 e. The maximum absolute atomic E-state index is 13.0. The highest BCUT2D eigenvalue weighted by Gasteiger charge is 2.68. The van der Waals surface area contributed by atoms with Crippen molar-refractivity contribution in [3.8, 4) is 11.4 Å². The number of hydrogen-bond acceptors (Lipinski definition) is 6. The van der Waals surface area contributed by atoms with Crippen LogP contribution in [0.25, 0.3) is 11.4 Å². The van der Waals surface area contributed by atoms with Gasteiger partial charge in [-0.25, -0.2) is 0 Å². The molecule has 4 rings (SSSR count). The summed E-state index contributed by atoms with van der Waals surface area (Å²) in [4.78, 5) is 23.2. The van der Waals surface area contributed by atoms with Gasteiger partial charge in [0.2, 0.25) is 17.6 Å². The number of rotatable bonds is 4. The summed E-state index contributed by atoms with van der Waals surface area (Å²) in [5.41, 5.74) is 0.726. The molecule has 1 amide bonds. The molecular weight excluding hydrogens is 354 g/mol. The summed E-state index contributed by atoms with van der Waals surface area (Å²) >= 11 is 0. The molecule has 1 atom stereocenters. The van der Waals surface area contributed by atoms with E-state index in [0.717, 1.165) is 37.9 Å². The quantitative estimate of drug-likeness (QED) is 0.880. The molecule has 3 heterocycles. The zero-order valence-corrected chi connectivity index (χ0v) is 15.9. The maximum atomic E-state index is 13.0. The lowest BCUT2D eigenvalue weighted by Crippen LogP contribution is -2.39. The van der Waals surface area contributed by atoms with E-state index in [-0.39, 0.29) is 29.1 Å². The fraction of sp³-hybridized carbons (Fsp3) is 0.556. The van der Waals surface area contributed by atoms with Crippen molar-refractivity contribution >= 4 is 18.3 Å². The van der Waals surface area contributed by atoms with Gasteiger partial charge in [-0.05, 0) is 49.9 Å². The molecule has 1 saturated heterocycles. The van der Waals surface area contributed by atoms with Crippen molar-refractivity contribution in [2.75, 3.05) is 20.1 Å². The van der Waals surface area contributed by atoms with Crippen LogP contribution < -0.4 is 5.32 Å². The Bertz CT molecular complexity index is 775. The minimum atomic E-state index is -0.254. The molecule has 26 heavy (non-hydrogen) atoms. The van der Waals surface area contributed by atoms with E-state index in [0.29, 0.717) is 18.3 Å². The number of pyridine rings is 1. The van der Waals surface area contributed by atoms with Gasteiger partial charge in [-0.15, -0.1) is 12.4 Å². The topological polar surface area (TPSA) is 84.2 Å². The van der Waals surface area contributed by atoms with E-state index in [4.69, 9.17) is 4.52 Å². The van der Waals surface area contributed by atoms with Crippen molar-refractivity contribution in [1.82, 2.24) is 25.3 Å². The number of nitrogens with zero attached hydrogens (tertiary/aromatic N) is 4. The van der Waals surface area contributed by atoms with Crippen molar-refractivity contribution in [1.29, 1.82) is 0 Å². The van der Waals surface area contributed by atoms with E-state index in [2.05, 4.69) is 27.4 Å². The van der Waals surface area contributed by atoms with E-state index >= 15 is 0 Å². The number of carbonyl (C=O) groups excluding carboxylic acids is 1. The first-order valence-corrected chi connectivity index (χ1v) is 8.73. The van der Waals surface area contributed by atoms with Crippen molar-refractivity contribution < 1.29 is 9.32 Å². The summed E-state index contributed by atoms with van der Waals surface area (Å²) in [7, 11) is 1.81. The molecule has 1 aliphatic heterocycles. The third kappa shape index (κ3) is 3.10. The lowest BCUT2D eigenvalue weighted by molar-refractivity contribution is -0.137. The Morgan fingerprint density at radius 3 is 2.85 bits per heavy atom. The van der Waals surface area contributed by atoms with Crippen LogP contribution in [0.15, 0.2) is 29.0 Å². The van der Waals surface area contributed by atoms with Crippen LogP contribution in [0.5, 0.6) is 0 Å². The van der Waals surface area contributed by atoms with E-state index in [1.165, 1.54) is 0 Å². The highest BCUT2D eigenvalue weighted by atomic mass is 35.5. The Morgan fingerprint density at radius 1 is 1.38 bits per heavy atom. The Hall–Kier alpha value is -1.99. The fourth-order valence-corrected chi connectivity index (χ4v) is 4.20. The van der Waals surface area contributed by atoms with Gasteiger partial charge in [0.1, 0.15) is 0 Å². The average molecular weight is 378 g/mol. The zero-order chi connectivity index (χ0) is 17.5. The van der Waals surface area contributed by atoms with E-state index in [1.54, 1.807) is 17.3 Å². The van der Waals surface area contributed by atoms with Gasteiger partial charge >= 0.3 is 0 Å². The summed E-state index contributed by atoms with van der Waals surface area (Å²) in [5.74, 6) is 1.12. The lowest BCUT2D eigenvalue weighted by Gasteiger charge is -2.29. The van der Waals surface area contributed by atoms with Crippen LogP contribution in [0.4, 0.5) is 0 Å². The van der Waals surface area contributed by atoms with Crippen molar-refractivity contribution in [3.05, 3.63) is 30.4 Å². The van der Waals surface area contributed by atoms with Gasteiger partial charge in [-0.3, -0.25) is 9.78 Å². The number of amides is 1. The predicted octanol–water partition coefficient (Wildman–Crippen LogP) is 2.29. The first-order chi connectivity index (χ1) is 12.0. The molecule has 0 radical (unpaired) electrons. The molecule has 0 bridgehead atoms. The average Bonchev–Trinajstić information content (AvgIpc) is 2.98. The van der Waals surface area contributed by atoms with Crippen LogP contribution in [0.1, 0.15) is 32.1 Å². The molecule has 0 aromatic carbocycles. The summed E-state index contributed by atoms with van der Waals surface area (Å²) in [6, 6.07) is 3.70. The van der Waals surface area contributed by atoms with Gasteiger partial charge in [0.15, 0.2) is 0 Å². The van der Waals surface area contributed by atoms with Crippen LogP contribution in [0, 0.1) is 10.8 Å². The lowest BCUT2D eigenvalue weighted by atomic mass is 9.85. The number of carbonyl (C=O) groups is 1.